The molecule has 2 aromatic rings. The zero-order valence-corrected chi connectivity index (χ0v) is 16.9. The normalized spacial score (nSPS) is 15.1. The van der Waals surface area contributed by atoms with Crippen molar-refractivity contribution in [3.05, 3.63) is 64.3 Å². The highest BCUT2D eigenvalue weighted by Gasteiger charge is 2.33. The molecule has 1 aliphatic heterocycles. The van der Waals surface area contributed by atoms with E-state index < -0.39 is 18.4 Å². The van der Waals surface area contributed by atoms with Gasteiger partial charge < -0.3 is 14.6 Å². The average molecular weight is 433 g/mol. The van der Waals surface area contributed by atoms with Crippen molar-refractivity contribution in [2.45, 2.75) is 6.61 Å². The maximum absolute atomic E-state index is 13.8. The van der Waals surface area contributed by atoms with Crippen LogP contribution in [0.25, 0.3) is 6.08 Å². The zero-order valence-electron chi connectivity index (χ0n) is 15.3. The number of carbonyl (C=O) groups is 2. The number of benzene rings is 2. The number of hydrogen-bond donors (Lipinski definition) is 1. The molecule has 1 N–H and O–H groups in total. The summed E-state index contributed by atoms with van der Waals surface area (Å²) in [5.74, 6) is -1.14. The first-order chi connectivity index (χ1) is 13.9. The van der Waals surface area contributed by atoms with Crippen molar-refractivity contribution in [3.63, 3.8) is 0 Å². The molecule has 0 bridgehead atoms. The summed E-state index contributed by atoms with van der Waals surface area (Å²) in [6.07, 6.45) is 1.59. The lowest BCUT2D eigenvalue weighted by Gasteiger charge is -2.12. The van der Waals surface area contributed by atoms with E-state index in [1.54, 1.807) is 42.5 Å². The molecule has 6 nitrogen and oxygen atoms in total. The van der Waals surface area contributed by atoms with E-state index in [4.69, 9.17) is 26.8 Å². The molecule has 0 spiro atoms. The maximum Gasteiger partial charge on any atom is 0.323 e. The Morgan fingerprint density at radius 1 is 1.28 bits per heavy atom. The van der Waals surface area contributed by atoms with Gasteiger partial charge in [-0.05, 0) is 29.8 Å². The largest absolute Gasteiger partial charge is 0.493 e. The minimum Gasteiger partial charge on any atom is -0.493 e. The van der Waals surface area contributed by atoms with Crippen molar-refractivity contribution in [2.24, 2.45) is 0 Å². The quantitative estimate of drug-likeness (QED) is 0.527. The van der Waals surface area contributed by atoms with Crippen LogP contribution in [0.15, 0.2) is 47.4 Å². The molecule has 1 fully saturated rings. The second kappa shape index (κ2) is 9.06. The molecule has 3 rings (SSSR count). The van der Waals surface area contributed by atoms with Gasteiger partial charge in [-0.3, -0.25) is 14.5 Å². The van der Waals surface area contributed by atoms with Gasteiger partial charge in [-0.15, -0.1) is 0 Å². The van der Waals surface area contributed by atoms with E-state index in [2.05, 4.69) is 0 Å². The number of amides is 1. The number of carboxylic acid groups (broad SMARTS) is 1. The first kappa shape index (κ1) is 20.8. The van der Waals surface area contributed by atoms with Crippen LogP contribution in [-0.2, 0) is 16.2 Å². The summed E-state index contributed by atoms with van der Waals surface area (Å²) in [7, 11) is 1.49. The summed E-state index contributed by atoms with van der Waals surface area (Å²) < 4.78 is 25.0. The average Bonchev–Trinajstić information content (AvgIpc) is 2.94. The van der Waals surface area contributed by atoms with Gasteiger partial charge in [0.1, 0.15) is 23.3 Å². The fraction of sp³-hybridized carbons (Fsp3) is 0.150. The standard InChI is InChI=1S/C20H16FNO5S2/c1-26-15-7-6-12(8-16(15)27-11-13-4-2-3-5-14(13)21)9-17-19(25)22(10-18(23)24)20(28)29-17/h2-9H,10-11H2,1H3,(H,23,24). The van der Waals surface area contributed by atoms with Crippen LogP contribution >= 0.6 is 24.0 Å². The molecule has 0 radical (unpaired) electrons. The molecule has 0 aromatic heterocycles. The molecular formula is C20H16FNO5S2. The Morgan fingerprint density at radius 3 is 2.72 bits per heavy atom. The fourth-order valence-corrected chi connectivity index (χ4v) is 3.84. The molecule has 0 unspecified atom stereocenters. The lowest BCUT2D eigenvalue weighted by molar-refractivity contribution is -0.140. The van der Waals surface area contributed by atoms with Crippen molar-refractivity contribution in [1.29, 1.82) is 0 Å². The van der Waals surface area contributed by atoms with E-state index in [1.165, 1.54) is 13.2 Å². The molecule has 1 amide bonds. The predicted octanol–water partition coefficient (Wildman–Crippen LogP) is 3.70. The van der Waals surface area contributed by atoms with Crippen LogP contribution in [0, 0.1) is 5.82 Å². The number of carboxylic acids is 1. The molecule has 150 valence electrons. The van der Waals surface area contributed by atoms with Gasteiger partial charge in [-0.25, -0.2) is 4.39 Å². The summed E-state index contributed by atoms with van der Waals surface area (Å²) in [5.41, 5.74) is 1.03. The Kier molecular flexibility index (Phi) is 6.50. The first-order valence-corrected chi connectivity index (χ1v) is 9.63. The van der Waals surface area contributed by atoms with E-state index in [1.807, 2.05) is 0 Å². The van der Waals surface area contributed by atoms with Crippen LogP contribution < -0.4 is 9.47 Å². The van der Waals surface area contributed by atoms with Gasteiger partial charge in [0.2, 0.25) is 0 Å². The minimum absolute atomic E-state index is 0.00716. The lowest BCUT2D eigenvalue weighted by atomic mass is 10.1. The van der Waals surface area contributed by atoms with Gasteiger partial charge in [0.05, 0.1) is 12.0 Å². The van der Waals surface area contributed by atoms with Crippen LogP contribution in [0.2, 0.25) is 0 Å². The minimum atomic E-state index is -1.14. The Bertz CT molecular complexity index is 1010. The number of thioether (sulfide) groups is 1. The molecule has 0 saturated carbocycles. The molecule has 1 aliphatic rings. The van der Waals surface area contributed by atoms with E-state index in [0.29, 0.717) is 27.5 Å². The summed E-state index contributed by atoms with van der Waals surface area (Å²) in [6, 6.07) is 11.3. The molecule has 0 atom stereocenters. The number of carbonyl (C=O) groups excluding carboxylic acids is 1. The summed E-state index contributed by atoms with van der Waals surface area (Å²) >= 11 is 6.12. The SMILES string of the molecule is COc1ccc(C=C2SC(=S)N(CC(=O)O)C2=O)cc1OCc1ccccc1F. The van der Waals surface area contributed by atoms with Crippen LogP contribution in [0.3, 0.4) is 0 Å². The summed E-state index contributed by atoms with van der Waals surface area (Å²) in [5, 5.41) is 8.91. The van der Waals surface area contributed by atoms with Crippen molar-refractivity contribution >= 4 is 46.3 Å². The van der Waals surface area contributed by atoms with Crippen LogP contribution in [0.4, 0.5) is 4.39 Å². The zero-order chi connectivity index (χ0) is 21.0. The molecule has 1 saturated heterocycles. The van der Waals surface area contributed by atoms with E-state index in [-0.39, 0.29) is 16.7 Å². The third kappa shape index (κ3) is 4.93. The van der Waals surface area contributed by atoms with Crippen molar-refractivity contribution in [2.75, 3.05) is 13.7 Å². The molecule has 9 heteroatoms. The van der Waals surface area contributed by atoms with Crippen molar-refractivity contribution in [3.8, 4) is 11.5 Å². The fourth-order valence-electron chi connectivity index (χ4n) is 2.59. The second-order valence-electron chi connectivity index (χ2n) is 5.95. The molecule has 1 heterocycles. The number of hydrogen-bond acceptors (Lipinski definition) is 6. The van der Waals surface area contributed by atoms with Crippen molar-refractivity contribution in [1.82, 2.24) is 4.90 Å². The lowest BCUT2D eigenvalue weighted by Crippen LogP contribution is -2.33. The number of rotatable bonds is 7. The van der Waals surface area contributed by atoms with E-state index >= 15 is 0 Å². The monoisotopic (exact) mass is 433 g/mol. The number of halogens is 1. The number of methoxy groups -OCH3 is 1. The van der Waals surface area contributed by atoms with Gasteiger partial charge in [0, 0.05) is 5.56 Å². The summed E-state index contributed by atoms with van der Waals surface area (Å²) in [4.78, 5) is 24.6. The number of thiocarbonyl (C=S) groups is 1. The highest BCUT2D eigenvalue weighted by molar-refractivity contribution is 8.26. The molecule has 0 aliphatic carbocycles. The molecule has 2 aromatic carbocycles. The Balaban J connectivity index is 1.82. The van der Waals surface area contributed by atoms with Gasteiger partial charge >= 0.3 is 5.97 Å². The first-order valence-electron chi connectivity index (χ1n) is 8.40. The van der Waals surface area contributed by atoms with Gasteiger partial charge in [-0.1, -0.05) is 48.2 Å². The van der Waals surface area contributed by atoms with E-state index in [0.717, 1.165) is 16.7 Å². The Hall–Kier alpha value is -2.91. The molecular weight excluding hydrogens is 417 g/mol. The predicted molar refractivity (Wildman–Crippen MR) is 111 cm³/mol. The number of nitrogens with zero attached hydrogens (tertiary/aromatic N) is 1. The maximum atomic E-state index is 13.8. The highest BCUT2D eigenvalue weighted by Crippen LogP contribution is 2.35. The number of ether oxygens (including phenoxy) is 2. The van der Waals surface area contributed by atoms with Gasteiger partial charge in [0.15, 0.2) is 11.5 Å². The van der Waals surface area contributed by atoms with Crippen LogP contribution in [0.5, 0.6) is 11.5 Å². The topological polar surface area (TPSA) is 76.1 Å². The third-order valence-electron chi connectivity index (χ3n) is 3.99. The molecule has 29 heavy (non-hydrogen) atoms. The Morgan fingerprint density at radius 2 is 2.03 bits per heavy atom. The second-order valence-corrected chi connectivity index (χ2v) is 7.63. The van der Waals surface area contributed by atoms with Crippen LogP contribution in [0.1, 0.15) is 11.1 Å². The number of aliphatic carboxylic acids is 1. The van der Waals surface area contributed by atoms with Crippen LogP contribution in [-0.4, -0.2) is 39.9 Å². The van der Waals surface area contributed by atoms with Crippen molar-refractivity contribution < 1.29 is 28.6 Å². The third-order valence-corrected chi connectivity index (χ3v) is 5.37. The van der Waals surface area contributed by atoms with Gasteiger partial charge in [0.25, 0.3) is 5.91 Å². The summed E-state index contributed by atoms with van der Waals surface area (Å²) in [6.45, 7) is -0.477. The highest BCUT2D eigenvalue weighted by atomic mass is 32.2. The Labute approximate surface area is 175 Å². The van der Waals surface area contributed by atoms with E-state index in [9.17, 15) is 14.0 Å². The smallest absolute Gasteiger partial charge is 0.323 e. The van der Waals surface area contributed by atoms with Gasteiger partial charge in [-0.2, -0.15) is 0 Å².